The third kappa shape index (κ3) is 5.72. The number of hydrogen-bond acceptors (Lipinski definition) is 4. The summed E-state index contributed by atoms with van der Waals surface area (Å²) in [6, 6.07) is 2.30. The van der Waals surface area contributed by atoms with Gasteiger partial charge in [-0.2, -0.15) is 0 Å². The lowest BCUT2D eigenvalue weighted by molar-refractivity contribution is -0.123. The lowest BCUT2D eigenvalue weighted by Gasteiger charge is -2.26. The van der Waals surface area contributed by atoms with E-state index < -0.39 is 6.10 Å². The number of carbonyl (C=O) groups is 1. The molecule has 1 unspecified atom stereocenters. The van der Waals surface area contributed by atoms with Gasteiger partial charge in [-0.25, -0.2) is 0 Å². The van der Waals surface area contributed by atoms with Crippen molar-refractivity contribution in [1.82, 2.24) is 10.2 Å². The fraction of sp³-hybridized carbons (Fsp3) is 0.643. The number of thiophene rings is 1. The second-order valence-corrected chi connectivity index (χ2v) is 6.18. The summed E-state index contributed by atoms with van der Waals surface area (Å²) < 4.78 is 0. The molecule has 5 heteroatoms. The summed E-state index contributed by atoms with van der Waals surface area (Å²) in [5.74, 6) is 0.00199. The van der Waals surface area contributed by atoms with Gasteiger partial charge in [-0.3, -0.25) is 9.69 Å². The van der Waals surface area contributed by atoms with Gasteiger partial charge in [0.1, 0.15) is 0 Å². The van der Waals surface area contributed by atoms with Crippen LogP contribution in [0.4, 0.5) is 0 Å². The second kappa shape index (κ2) is 7.62. The summed E-state index contributed by atoms with van der Waals surface area (Å²) in [7, 11) is 0. The van der Waals surface area contributed by atoms with Crippen molar-refractivity contribution in [2.75, 3.05) is 13.1 Å². The van der Waals surface area contributed by atoms with Crippen molar-refractivity contribution in [3.8, 4) is 0 Å². The lowest BCUT2D eigenvalue weighted by atomic mass is 10.2. The molecule has 1 aromatic rings. The smallest absolute Gasteiger partial charge is 0.234 e. The van der Waals surface area contributed by atoms with Crippen LogP contribution in [0.5, 0.6) is 0 Å². The zero-order valence-electron chi connectivity index (χ0n) is 12.1. The molecule has 0 aliphatic heterocycles. The molecule has 4 nitrogen and oxygen atoms in total. The molecule has 0 radical (unpaired) electrons. The molecular formula is C14H24N2O2S. The third-order valence-corrected chi connectivity index (χ3v) is 4.01. The van der Waals surface area contributed by atoms with Gasteiger partial charge < -0.3 is 10.4 Å². The molecule has 108 valence electrons. The average Bonchev–Trinajstić information content (AvgIpc) is 2.70. The van der Waals surface area contributed by atoms with E-state index in [1.165, 1.54) is 10.4 Å². The zero-order chi connectivity index (χ0) is 14.4. The van der Waals surface area contributed by atoms with Crippen LogP contribution in [0.1, 0.15) is 31.2 Å². The van der Waals surface area contributed by atoms with Gasteiger partial charge in [0.05, 0.1) is 19.2 Å². The Balaban J connectivity index is 2.42. The molecule has 0 spiro atoms. The first-order valence-corrected chi connectivity index (χ1v) is 7.50. The largest absolute Gasteiger partial charge is 0.392 e. The standard InChI is InChI=1S/C14H24N2O2S/c1-10(2)16(8-12(4)17)9-14(18)15-7-13-11(3)5-6-19-13/h5-6,10,12,17H,7-9H2,1-4H3,(H,15,18). The van der Waals surface area contributed by atoms with Crippen LogP contribution in [0.25, 0.3) is 0 Å². The van der Waals surface area contributed by atoms with Crippen molar-refractivity contribution >= 4 is 17.2 Å². The summed E-state index contributed by atoms with van der Waals surface area (Å²) in [5, 5.41) is 14.4. The summed E-state index contributed by atoms with van der Waals surface area (Å²) >= 11 is 1.66. The minimum Gasteiger partial charge on any atom is -0.392 e. The molecule has 0 aromatic carbocycles. The molecule has 1 rings (SSSR count). The maximum atomic E-state index is 11.9. The summed E-state index contributed by atoms with van der Waals surface area (Å²) in [6.45, 7) is 9.27. The predicted molar refractivity (Wildman–Crippen MR) is 79.3 cm³/mol. The first kappa shape index (κ1) is 16.1. The van der Waals surface area contributed by atoms with Crippen molar-refractivity contribution in [2.45, 2.75) is 46.4 Å². The Morgan fingerprint density at radius 2 is 2.16 bits per heavy atom. The van der Waals surface area contributed by atoms with Crippen LogP contribution in [-0.4, -0.2) is 41.1 Å². The second-order valence-electron chi connectivity index (χ2n) is 5.18. The summed E-state index contributed by atoms with van der Waals surface area (Å²) in [6.07, 6.45) is -0.422. The van der Waals surface area contributed by atoms with Gasteiger partial charge in [0.2, 0.25) is 5.91 Å². The van der Waals surface area contributed by atoms with E-state index in [4.69, 9.17) is 0 Å². The van der Waals surface area contributed by atoms with Crippen LogP contribution in [0.2, 0.25) is 0 Å². The van der Waals surface area contributed by atoms with Gasteiger partial charge in [-0.1, -0.05) is 0 Å². The number of aliphatic hydroxyl groups is 1. The lowest BCUT2D eigenvalue weighted by Crippen LogP contribution is -2.43. The first-order chi connectivity index (χ1) is 8.90. The van der Waals surface area contributed by atoms with E-state index in [2.05, 4.69) is 11.4 Å². The van der Waals surface area contributed by atoms with Gasteiger partial charge in [-0.15, -0.1) is 11.3 Å². The normalized spacial score (nSPS) is 13.0. The molecule has 1 heterocycles. The van der Waals surface area contributed by atoms with E-state index in [9.17, 15) is 9.90 Å². The van der Waals surface area contributed by atoms with Gasteiger partial charge in [0, 0.05) is 17.5 Å². The number of nitrogens with zero attached hydrogens (tertiary/aromatic N) is 1. The Kier molecular flexibility index (Phi) is 6.48. The molecule has 0 saturated heterocycles. The minimum absolute atomic E-state index is 0.00199. The van der Waals surface area contributed by atoms with E-state index in [0.717, 1.165) is 0 Å². The monoisotopic (exact) mass is 284 g/mol. The van der Waals surface area contributed by atoms with Crippen molar-refractivity contribution in [2.24, 2.45) is 0 Å². The van der Waals surface area contributed by atoms with Crippen molar-refractivity contribution < 1.29 is 9.90 Å². The number of rotatable bonds is 7. The van der Waals surface area contributed by atoms with E-state index in [-0.39, 0.29) is 11.9 Å². The van der Waals surface area contributed by atoms with E-state index >= 15 is 0 Å². The van der Waals surface area contributed by atoms with Crippen molar-refractivity contribution in [3.05, 3.63) is 21.9 Å². The SMILES string of the molecule is Cc1ccsc1CNC(=O)CN(CC(C)O)C(C)C. The highest BCUT2D eigenvalue weighted by Crippen LogP contribution is 2.14. The molecule has 0 fully saturated rings. The topological polar surface area (TPSA) is 52.6 Å². The Labute approximate surface area is 119 Å². The minimum atomic E-state index is -0.422. The molecule has 0 bridgehead atoms. The Morgan fingerprint density at radius 3 is 2.63 bits per heavy atom. The van der Waals surface area contributed by atoms with Crippen LogP contribution < -0.4 is 5.32 Å². The number of amides is 1. The zero-order valence-corrected chi connectivity index (χ0v) is 13.0. The van der Waals surface area contributed by atoms with Crippen molar-refractivity contribution in [3.63, 3.8) is 0 Å². The quantitative estimate of drug-likeness (QED) is 0.802. The Bertz CT molecular complexity index is 402. The van der Waals surface area contributed by atoms with E-state index in [0.29, 0.717) is 19.6 Å². The number of carbonyl (C=O) groups excluding carboxylic acids is 1. The molecule has 1 atom stereocenters. The van der Waals surface area contributed by atoms with Crippen LogP contribution >= 0.6 is 11.3 Å². The number of nitrogens with one attached hydrogen (secondary N) is 1. The molecule has 19 heavy (non-hydrogen) atoms. The molecule has 0 saturated carbocycles. The number of aliphatic hydroxyl groups excluding tert-OH is 1. The number of hydrogen-bond donors (Lipinski definition) is 2. The maximum Gasteiger partial charge on any atom is 0.234 e. The van der Waals surface area contributed by atoms with Crippen LogP contribution in [0.3, 0.4) is 0 Å². The molecule has 1 aromatic heterocycles. The van der Waals surface area contributed by atoms with Gasteiger partial charge in [0.25, 0.3) is 0 Å². The maximum absolute atomic E-state index is 11.9. The molecular weight excluding hydrogens is 260 g/mol. The summed E-state index contributed by atoms with van der Waals surface area (Å²) in [5.41, 5.74) is 1.22. The highest BCUT2D eigenvalue weighted by Gasteiger charge is 2.15. The van der Waals surface area contributed by atoms with Crippen LogP contribution in [0, 0.1) is 6.92 Å². The van der Waals surface area contributed by atoms with Crippen LogP contribution in [0.15, 0.2) is 11.4 Å². The van der Waals surface area contributed by atoms with Gasteiger partial charge in [0.15, 0.2) is 0 Å². The van der Waals surface area contributed by atoms with Crippen molar-refractivity contribution in [1.29, 1.82) is 0 Å². The molecule has 0 aliphatic rings. The van der Waals surface area contributed by atoms with Gasteiger partial charge in [-0.05, 0) is 44.7 Å². The highest BCUT2D eigenvalue weighted by molar-refractivity contribution is 7.10. The van der Waals surface area contributed by atoms with E-state index in [1.807, 2.05) is 31.1 Å². The fourth-order valence-corrected chi connectivity index (χ4v) is 2.65. The molecule has 2 N–H and O–H groups in total. The van der Waals surface area contributed by atoms with E-state index in [1.54, 1.807) is 18.3 Å². The average molecular weight is 284 g/mol. The predicted octanol–water partition coefficient (Wildman–Crippen LogP) is 1.76. The highest BCUT2D eigenvalue weighted by atomic mass is 32.1. The molecule has 0 aliphatic carbocycles. The van der Waals surface area contributed by atoms with Crippen LogP contribution in [-0.2, 0) is 11.3 Å². The fourth-order valence-electron chi connectivity index (χ4n) is 1.80. The molecule has 1 amide bonds. The third-order valence-electron chi connectivity index (χ3n) is 2.99. The van der Waals surface area contributed by atoms with Gasteiger partial charge >= 0.3 is 0 Å². The Hall–Kier alpha value is -0.910. The first-order valence-electron chi connectivity index (χ1n) is 6.62. The Morgan fingerprint density at radius 1 is 1.47 bits per heavy atom. The number of aryl methyl sites for hydroxylation is 1. The summed E-state index contributed by atoms with van der Waals surface area (Å²) in [4.78, 5) is 15.1.